The van der Waals surface area contributed by atoms with Crippen LogP contribution in [0.3, 0.4) is 0 Å². The Morgan fingerprint density at radius 1 is 1.13 bits per heavy atom. The van der Waals surface area contributed by atoms with E-state index in [1.807, 2.05) is 61.6 Å². The molecular formula is C25H30N4O2. The smallest absolute Gasteiger partial charge is 0.226 e. The number of benzene rings is 2. The second-order valence-corrected chi connectivity index (χ2v) is 8.87. The van der Waals surface area contributed by atoms with Gasteiger partial charge in [-0.15, -0.1) is 0 Å². The molecule has 0 bridgehead atoms. The van der Waals surface area contributed by atoms with Crippen molar-refractivity contribution in [3.8, 4) is 0 Å². The lowest BCUT2D eigenvalue weighted by atomic mass is 10.0. The number of fused-ring (bicyclic) bond motifs is 1. The van der Waals surface area contributed by atoms with Crippen LogP contribution in [0.5, 0.6) is 0 Å². The highest BCUT2D eigenvalue weighted by Gasteiger charge is 2.35. The molecule has 0 saturated carbocycles. The van der Waals surface area contributed by atoms with Crippen LogP contribution in [0.1, 0.15) is 44.1 Å². The van der Waals surface area contributed by atoms with Crippen LogP contribution in [-0.4, -0.2) is 32.8 Å². The van der Waals surface area contributed by atoms with Crippen LogP contribution < -0.4 is 5.32 Å². The zero-order chi connectivity index (χ0) is 22.0. The van der Waals surface area contributed by atoms with Crippen molar-refractivity contribution in [2.24, 2.45) is 18.9 Å². The predicted octanol–water partition coefficient (Wildman–Crippen LogP) is 3.83. The third kappa shape index (κ3) is 4.63. The van der Waals surface area contributed by atoms with Gasteiger partial charge >= 0.3 is 0 Å². The van der Waals surface area contributed by atoms with Crippen LogP contribution in [0.4, 0.5) is 0 Å². The molecule has 1 aliphatic rings. The number of rotatable bonds is 7. The fraction of sp³-hybridized carbons (Fsp3) is 0.400. The average Bonchev–Trinajstić information content (AvgIpc) is 3.28. The number of carbonyl (C=O) groups is 2. The van der Waals surface area contributed by atoms with Crippen LogP contribution in [0.2, 0.25) is 0 Å². The van der Waals surface area contributed by atoms with Crippen molar-refractivity contribution < 1.29 is 9.59 Å². The summed E-state index contributed by atoms with van der Waals surface area (Å²) in [6.45, 7) is 5.28. The first-order valence-corrected chi connectivity index (χ1v) is 11.0. The minimum Gasteiger partial charge on any atom is -0.346 e. The number of nitrogens with one attached hydrogen (secondary N) is 1. The fourth-order valence-corrected chi connectivity index (χ4v) is 4.37. The normalized spacial score (nSPS) is 17.5. The second-order valence-electron chi connectivity index (χ2n) is 8.87. The molecule has 2 heterocycles. The summed E-state index contributed by atoms with van der Waals surface area (Å²) in [7, 11) is 1.99. The largest absolute Gasteiger partial charge is 0.346 e. The highest BCUT2D eigenvalue weighted by Crippen LogP contribution is 2.26. The first-order chi connectivity index (χ1) is 14.9. The lowest BCUT2D eigenvalue weighted by Gasteiger charge is -2.22. The Morgan fingerprint density at radius 2 is 1.84 bits per heavy atom. The molecule has 3 aromatic rings. The molecule has 2 aromatic carbocycles. The second kappa shape index (κ2) is 8.92. The van der Waals surface area contributed by atoms with Gasteiger partial charge in [0.2, 0.25) is 11.8 Å². The molecule has 1 fully saturated rings. The molecule has 0 unspecified atom stereocenters. The number of carbonyl (C=O) groups excluding carboxylic acids is 2. The van der Waals surface area contributed by atoms with Crippen LogP contribution in [0.15, 0.2) is 54.6 Å². The SMILES string of the molecule is CC(C)C[C@@H](NC(=O)[C@@H]1CC(=O)N(Cc2ccccc2)C1)c1nc2ccccc2n1C. The highest BCUT2D eigenvalue weighted by atomic mass is 16.2. The van der Waals surface area contributed by atoms with Crippen LogP contribution >= 0.6 is 0 Å². The topological polar surface area (TPSA) is 67.2 Å². The number of aromatic nitrogens is 2. The van der Waals surface area contributed by atoms with Crippen LogP contribution in [0.25, 0.3) is 11.0 Å². The van der Waals surface area contributed by atoms with E-state index < -0.39 is 0 Å². The summed E-state index contributed by atoms with van der Waals surface area (Å²) in [4.78, 5) is 32.3. The monoisotopic (exact) mass is 418 g/mol. The number of para-hydroxylation sites is 2. The first kappa shape index (κ1) is 21.1. The van der Waals surface area contributed by atoms with Gasteiger partial charge in [-0.05, 0) is 30.0 Å². The number of imidazole rings is 1. The molecule has 1 aliphatic heterocycles. The van der Waals surface area contributed by atoms with Gasteiger partial charge in [-0.25, -0.2) is 4.98 Å². The van der Waals surface area contributed by atoms with Gasteiger partial charge in [0.1, 0.15) is 5.82 Å². The molecule has 0 radical (unpaired) electrons. The van der Waals surface area contributed by atoms with E-state index in [1.165, 1.54) is 0 Å². The maximum absolute atomic E-state index is 13.2. The molecule has 6 nitrogen and oxygen atoms in total. The van der Waals surface area contributed by atoms with Crippen molar-refractivity contribution >= 4 is 22.8 Å². The highest BCUT2D eigenvalue weighted by molar-refractivity contribution is 5.89. The first-order valence-electron chi connectivity index (χ1n) is 11.0. The predicted molar refractivity (Wildman–Crippen MR) is 121 cm³/mol. The van der Waals surface area contributed by atoms with Gasteiger partial charge in [0.25, 0.3) is 0 Å². The van der Waals surface area contributed by atoms with Gasteiger partial charge < -0.3 is 14.8 Å². The quantitative estimate of drug-likeness (QED) is 0.634. The molecule has 0 aliphatic carbocycles. The molecule has 2 amide bonds. The summed E-state index contributed by atoms with van der Waals surface area (Å²) >= 11 is 0. The van der Waals surface area contributed by atoms with Gasteiger partial charge in [-0.1, -0.05) is 56.3 Å². The van der Waals surface area contributed by atoms with Gasteiger partial charge in [0.05, 0.1) is 23.0 Å². The average molecular weight is 419 g/mol. The summed E-state index contributed by atoms with van der Waals surface area (Å²) in [5.74, 6) is 0.882. The summed E-state index contributed by atoms with van der Waals surface area (Å²) in [6, 6.07) is 17.7. The molecule has 1 N–H and O–H groups in total. The third-order valence-electron chi connectivity index (χ3n) is 5.96. The number of aryl methyl sites for hydroxylation is 1. The van der Waals surface area contributed by atoms with E-state index in [9.17, 15) is 9.59 Å². The van der Waals surface area contributed by atoms with Crippen molar-refractivity contribution in [3.63, 3.8) is 0 Å². The summed E-state index contributed by atoms with van der Waals surface area (Å²) in [6.07, 6.45) is 1.05. The molecule has 0 spiro atoms. The van der Waals surface area contributed by atoms with Crippen molar-refractivity contribution in [1.29, 1.82) is 0 Å². The molecular weight excluding hydrogens is 388 g/mol. The number of hydrogen-bond donors (Lipinski definition) is 1. The van der Waals surface area contributed by atoms with E-state index in [4.69, 9.17) is 4.98 Å². The van der Waals surface area contributed by atoms with Gasteiger partial charge in [-0.3, -0.25) is 9.59 Å². The number of likely N-dealkylation sites (tertiary alicyclic amines) is 1. The molecule has 4 rings (SSSR count). The lowest BCUT2D eigenvalue weighted by molar-refractivity contribution is -0.129. The maximum atomic E-state index is 13.2. The Bertz CT molecular complexity index is 1070. The van der Waals surface area contributed by atoms with Crippen molar-refractivity contribution in [1.82, 2.24) is 19.8 Å². The van der Waals surface area contributed by atoms with Gasteiger partial charge in [0.15, 0.2) is 0 Å². The number of nitrogens with zero attached hydrogens (tertiary/aromatic N) is 3. The van der Waals surface area contributed by atoms with E-state index in [0.717, 1.165) is 28.8 Å². The Labute approximate surface area is 183 Å². The molecule has 1 saturated heterocycles. The molecule has 6 heteroatoms. The minimum absolute atomic E-state index is 0.0344. The van der Waals surface area contributed by atoms with E-state index >= 15 is 0 Å². The van der Waals surface area contributed by atoms with Gasteiger partial charge in [-0.2, -0.15) is 0 Å². The third-order valence-corrected chi connectivity index (χ3v) is 5.96. The fourth-order valence-electron chi connectivity index (χ4n) is 4.37. The summed E-state index contributed by atoms with van der Waals surface area (Å²) in [5.41, 5.74) is 3.05. The Hall–Kier alpha value is -3.15. The van der Waals surface area contributed by atoms with Crippen LogP contribution in [-0.2, 0) is 23.2 Å². The summed E-state index contributed by atoms with van der Waals surface area (Å²) in [5, 5.41) is 3.21. The summed E-state index contributed by atoms with van der Waals surface area (Å²) < 4.78 is 2.06. The molecule has 1 aromatic heterocycles. The zero-order valence-electron chi connectivity index (χ0n) is 18.4. The van der Waals surface area contributed by atoms with E-state index in [2.05, 4.69) is 23.7 Å². The van der Waals surface area contributed by atoms with Crippen molar-refractivity contribution in [2.75, 3.05) is 6.54 Å². The molecule has 31 heavy (non-hydrogen) atoms. The molecule has 2 atom stereocenters. The van der Waals surface area contributed by atoms with Crippen LogP contribution in [0, 0.1) is 11.8 Å². The zero-order valence-corrected chi connectivity index (χ0v) is 18.4. The Kier molecular flexibility index (Phi) is 6.07. The van der Waals surface area contributed by atoms with E-state index in [-0.39, 0.29) is 30.2 Å². The van der Waals surface area contributed by atoms with E-state index in [1.54, 1.807) is 4.90 Å². The lowest BCUT2D eigenvalue weighted by Crippen LogP contribution is -2.37. The Morgan fingerprint density at radius 3 is 2.55 bits per heavy atom. The van der Waals surface area contributed by atoms with Crippen molar-refractivity contribution in [3.05, 3.63) is 66.0 Å². The van der Waals surface area contributed by atoms with Gasteiger partial charge in [0, 0.05) is 26.6 Å². The standard InChI is InChI=1S/C25H30N4O2/c1-17(2)13-21(24-26-20-11-7-8-12-22(20)28(24)3)27-25(31)19-14-23(30)29(16-19)15-18-9-5-4-6-10-18/h4-12,17,19,21H,13-16H2,1-3H3,(H,27,31)/t19-,21-/m1/s1. The number of hydrogen-bond acceptors (Lipinski definition) is 3. The maximum Gasteiger partial charge on any atom is 0.226 e. The van der Waals surface area contributed by atoms with Crippen molar-refractivity contribution in [2.45, 2.75) is 39.3 Å². The molecule has 162 valence electrons. The number of amides is 2. The van der Waals surface area contributed by atoms with E-state index in [0.29, 0.717) is 19.0 Å². The minimum atomic E-state index is -0.333. The Balaban J connectivity index is 1.49.